The molecular formula is C7H8N3NaO2. The Morgan fingerprint density at radius 1 is 1.54 bits per heavy atom. The fraction of sp³-hybridized carbons (Fsp3) is 0.286. The van der Waals surface area contributed by atoms with Gasteiger partial charge in [-0.15, -0.1) is 0 Å². The number of hydrogen-bond acceptors (Lipinski definition) is 5. The van der Waals surface area contributed by atoms with Gasteiger partial charge in [0.15, 0.2) is 0 Å². The van der Waals surface area contributed by atoms with Gasteiger partial charge >= 0.3 is 29.6 Å². The van der Waals surface area contributed by atoms with Crippen molar-refractivity contribution in [1.82, 2.24) is 9.97 Å². The van der Waals surface area contributed by atoms with E-state index in [9.17, 15) is 9.90 Å². The van der Waals surface area contributed by atoms with Gasteiger partial charge in [0.25, 0.3) is 0 Å². The van der Waals surface area contributed by atoms with Crippen LogP contribution in [0.5, 0.6) is 0 Å². The zero-order chi connectivity index (χ0) is 8.97. The molecule has 0 saturated carbocycles. The van der Waals surface area contributed by atoms with Crippen LogP contribution < -0.4 is 40.0 Å². The molecule has 0 unspecified atom stereocenters. The molecule has 0 fully saturated rings. The summed E-state index contributed by atoms with van der Waals surface area (Å²) in [5, 5.41) is 13.1. The summed E-state index contributed by atoms with van der Waals surface area (Å²) in [5.74, 6) is -0.756. The third kappa shape index (κ3) is 3.71. The molecule has 1 aromatic heterocycles. The summed E-state index contributed by atoms with van der Waals surface area (Å²) in [5.41, 5.74) is -0.156. The van der Waals surface area contributed by atoms with E-state index in [1.54, 1.807) is 0 Å². The fourth-order valence-electron chi connectivity index (χ4n) is 0.706. The largest absolute Gasteiger partial charge is 1.00 e. The van der Waals surface area contributed by atoms with Crippen LogP contribution in [0.2, 0.25) is 0 Å². The Morgan fingerprint density at radius 2 is 2.23 bits per heavy atom. The number of aromatic nitrogens is 2. The van der Waals surface area contributed by atoms with Gasteiger partial charge in [-0.05, 0) is 6.92 Å². The predicted molar refractivity (Wildman–Crippen MR) is 40.5 cm³/mol. The minimum atomic E-state index is -1.31. The van der Waals surface area contributed by atoms with Crippen molar-refractivity contribution >= 4 is 11.8 Å². The van der Waals surface area contributed by atoms with E-state index in [0.717, 1.165) is 12.7 Å². The van der Waals surface area contributed by atoms with E-state index >= 15 is 0 Å². The van der Waals surface area contributed by atoms with E-state index < -0.39 is 5.97 Å². The smallest absolute Gasteiger partial charge is 0.543 e. The molecule has 1 rings (SSSR count). The van der Waals surface area contributed by atoms with E-state index in [0.29, 0.717) is 5.82 Å². The molecule has 13 heavy (non-hydrogen) atoms. The van der Waals surface area contributed by atoms with E-state index in [1.165, 1.54) is 6.20 Å². The predicted octanol–water partition coefficient (Wildman–Crippen LogP) is -3.72. The molecule has 64 valence electrons. The Hall–Kier alpha value is -0.650. The van der Waals surface area contributed by atoms with Crippen molar-refractivity contribution < 1.29 is 39.5 Å². The van der Waals surface area contributed by atoms with Crippen LogP contribution in [0, 0.1) is 0 Å². The number of hydrogen-bond donors (Lipinski definition) is 1. The Morgan fingerprint density at radius 3 is 2.62 bits per heavy atom. The molecule has 0 atom stereocenters. The van der Waals surface area contributed by atoms with Crippen LogP contribution in [0.15, 0.2) is 12.4 Å². The Bertz CT molecular complexity index is 276. The average Bonchev–Trinajstić information content (AvgIpc) is 2.06. The number of nitrogens with zero attached hydrogens (tertiary/aromatic N) is 2. The van der Waals surface area contributed by atoms with Gasteiger partial charge in [-0.3, -0.25) is 0 Å². The topological polar surface area (TPSA) is 77.9 Å². The van der Waals surface area contributed by atoms with E-state index in [1.807, 2.05) is 6.92 Å². The summed E-state index contributed by atoms with van der Waals surface area (Å²) in [6.45, 7) is 2.63. The summed E-state index contributed by atoms with van der Waals surface area (Å²) < 4.78 is 0. The van der Waals surface area contributed by atoms with E-state index in [4.69, 9.17) is 0 Å². The van der Waals surface area contributed by atoms with Crippen molar-refractivity contribution in [3.05, 3.63) is 18.1 Å². The van der Waals surface area contributed by atoms with Crippen molar-refractivity contribution in [2.75, 3.05) is 11.9 Å². The summed E-state index contributed by atoms with van der Waals surface area (Å²) in [7, 11) is 0. The fourth-order valence-corrected chi connectivity index (χ4v) is 0.706. The summed E-state index contributed by atoms with van der Waals surface area (Å²) >= 11 is 0. The van der Waals surface area contributed by atoms with Crippen molar-refractivity contribution in [3.63, 3.8) is 0 Å². The third-order valence-corrected chi connectivity index (χ3v) is 1.22. The minimum Gasteiger partial charge on any atom is -0.543 e. The second-order valence-electron chi connectivity index (χ2n) is 2.10. The number of carboxylic acid groups (broad SMARTS) is 1. The Balaban J connectivity index is 0.00000144. The number of carboxylic acids is 1. The standard InChI is InChI=1S/C7H9N3O2.Na/c1-2-8-6-4-9-5(3-10-6)7(11)12;/h3-4H,2H2,1H3,(H,8,10)(H,11,12);/q;+1/p-1. The maximum absolute atomic E-state index is 10.2. The molecule has 0 aliphatic carbocycles. The average molecular weight is 189 g/mol. The molecule has 0 bridgehead atoms. The molecule has 0 aromatic carbocycles. The third-order valence-electron chi connectivity index (χ3n) is 1.22. The van der Waals surface area contributed by atoms with Gasteiger partial charge < -0.3 is 15.2 Å². The van der Waals surface area contributed by atoms with E-state index in [2.05, 4.69) is 15.3 Å². The Labute approximate surface area is 97.9 Å². The van der Waals surface area contributed by atoms with E-state index in [-0.39, 0.29) is 35.3 Å². The zero-order valence-electron chi connectivity index (χ0n) is 7.57. The van der Waals surface area contributed by atoms with Gasteiger partial charge in [0.05, 0.1) is 18.4 Å². The van der Waals surface area contributed by atoms with Crippen molar-refractivity contribution in [2.24, 2.45) is 0 Å². The maximum Gasteiger partial charge on any atom is 1.00 e. The van der Waals surface area contributed by atoms with Crippen LogP contribution in [-0.4, -0.2) is 22.5 Å². The number of anilines is 1. The van der Waals surface area contributed by atoms with Gasteiger partial charge in [-0.2, -0.15) is 0 Å². The number of carbonyl (C=O) groups excluding carboxylic acids is 1. The molecule has 1 N–H and O–H groups in total. The first-order chi connectivity index (χ1) is 5.74. The Kier molecular flexibility index (Phi) is 5.61. The van der Waals surface area contributed by atoms with Crippen LogP contribution in [-0.2, 0) is 0 Å². The molecule has 5 nitrogen and oxygen atoms in total. The number of rotatable bonds is 3. The molecule has 6 heteroatoms. The van der Waals surface area contributed by atoms with Crippen LogP contribution in [0.3, 0.4) is 0 Å². The molecule has 0 amide bonds. The second kappa shape index (κ2) is 5.90. The number of aromatic carboxylic acids is 1. The number of nitrogens with one attached hydrogen (secondary N) is 1. The summed E-state index contributed by atoms with van der Waals surface area (Å²) in [6, 6.07) is 0. The van der Waals surface area contributed by atoms with Gasteiger partial charge in [-0.25, -0.2) is 9.97 Å². The molecule has 1 heterocycles. The van der Waals surface area contributed by atoms with Crippen molar-refractivity contribution in [2.45, 2.75) is 6.92 Å². The van der Waals surface area contributed by atoms with Crippen molar-refractivity contribution in [3.8, 4) is 0 Å². The first-order valence-corrected chi connectivity index (χ1v) is 3.51. The number of carbonyl (C=O) groups is 1. The normalized spacial score (nSPS) is 8.69. The van der Waals surface area contributed by atoms with Gasteiger partial charge in [-0.1, -0.05) is 0 Å². The molecule has 0 aliphatic rings. The zero-order valence-corrected chi connectivity index (χ0v) is 9.57. The van der Waals surface area contributed by atoms with Gasteiger partial charge in [0.1, 0.15) is 11.5 Å². The molecule has 0 spiro atoms. The SMILES string of the molecule is CCNc1cnc(C(=O)[O-])cn1.[Na+]. The van der Waals surface area contributed by atoms with Crippen LogP contribution >= 0.6 is 0 Å². The minimum absolute atomic E-state index is 0. The monoisotopic (exact) mass is 189 g/mol. The molecule has 1 aromatic rings. The quantitative estimate of drug-likeness (QED) is 0.495. The van der Waals surface area contributed by atoms with Crippen molar-refractivity contribution in [1.29, 1.82) is 0 Å². The van der Waals surface area contributed by atoms with Gasteiger partial charge in [0, 0.05) is 6.54 Å². The van der Waals surface area contributed by atoms with Crippen LogP contribution in [0.25, 0.3) is 0 Å². The molecule has 0 radical (unpaired) electrons. The summed E-state index contributed by atoms with van der Waals surface area (Å²) in [4.78, 5) is 17.6. The molecular weight excluding hydrogens is 181 g/mol. The molecule has 0 saturated heterocycles. The first kappa shape index (κ1) is 12.3. The van der Waals surface area contributed by atoms with Gasteiger partial charge in [0.2, 0.25) is 0 Å². The van der Waals surface area contributed by atoms with Crippen LogP contribution in [0.1, 0.15) is 17.4 Å². The van der Waals surface area contributed by atoms with Crippen LogP contribution in [0.4, 0.5) is 5.82 Å². The first-order valence-electron chi connectivity index (χ1n) is 3.51. The molecule has 0 aliphatic heterocycles. The maximum atomic E-state index is 10.2. The second-order valence-corrected chi connectivity index (χ2v) is 2.10. The summed E-state index contributed by atoms with van der Waals surface area (Å²) in [6.07, 6.45) is 2.52.